The summed E-state index contributed by atoms with van der Waals surface area (Å²) in [6, 6.07) is 9.88. The summed E-state index contributed by atoms with van der Waals surface area (Å²) in [6.45, 7) is 0.589. The SMILES string of the molecule is COc1c(C#N)ccc(C2(F)CCCC2)c1C(=O)N1CC(c2ccc(C(F)(F)F)cc2)C1. The van der Waals surface area contributed by atoms with Crippen molar-refractivity contribution < 1.29 is 27.1 Å². The number of rotatable bonds is 4. The van der Waals surface area contributed by atoms with Crippen molar-refractivity contribution in [3.63, 3.8) is 0 Å². The highest BCUT2D eigenvalue weighted by atomic mass is 19.4. The Morgan fingerprint density at radius 2 is 1.75 bits per heavy atom. The van der Waals surface area contributed by atoms with Gasteiger partial charge in [-0.1, -0.05) is 18.2 Å². The second kappa shape index (κ2) is 8.12. The fraction of sp³-hybridized carbons (Fsp3) is 0.417. The molecule has 0 N–H and O–H groups in total. The van der Waals surface area contributed by atoms with Crippen molar-refractivity contribution in [3.05, 3.63) is 64.2 Å². The third kappa shape index (κ3) is 3.81. The molecule has 2 fully saturated rings. The standard InChI is InChI=1S/C24H22F4N2O2/c1-32-21-16(12-29)6-9-19(23(25)10-2-3-11-23)20(21)22(31)30-13-17(14-30)15-4-7-18(8-5-15)24(26,27)28/h4-9,17H,2-3,10-11,13-14H2,1H3. The first kappa shape index (κ1) is 22.1. The Kier molecular flexibility index (Phi) is 5.61. The van der Waals surface area contributed by atoms with E-state index < -0.39 is 23.3 Å². The molecule has 0 radical (unpaired) electrons. The number of nitriles is 1. The van der Waals surface area contributed by atoms with Gasteiger partial charge in [-0.15, -0.1) is 0 Å². The molecule has 0 bridgehead atoms. The summed E-state index contributed by atoms with van der Waals surface area (Å²) in [5, 5.41) is 9.43. The minimum atomic E-state index is -4.40. The fourth-order valence-corrected chi connectivity index (χ4v) is 4.63. The van der Waals surface area contributed by atoms with Crippen LogP contribution >= 0.6 is 0 Å². The lowest BCUT2D eigenvalue weighted by Crippen LogP contribution is -2.49. The van der Waals surface area contributed by atoms with E-state index in [0.29, 0.717) is 44.3 Å². The Morgan fingerprint density at radius 3 is 2.28 bits per heavy atom. The average molecular weight is 446 g/mol. The van der Waals surface area contributed by atoms with E-state index in [1.165, 1.54) is 36.3 Å². The first-order valence-electron chi connectivity index (χ1n) is 10.4. The number of likely N-dealkylation sites (tertiary alicyclic amines) is 1. The lowest BCUT2D eigenvalue weighted by molar-refractivity contribution is -0.137. The lowest BCUT2D eigenvalue weighted by Gasteiger charge is -2.40. The summed E-state index contributed by atoms with van der Waals surface area (Å²) in [6.07, 6.45) is -2.37. The Hall–Kier alpha value is -3.08. The van der Waals surface area contributed by atoms with Gasteiger partial charge in [0.25, 0.3) is 5.91 Å². The molecule has 4 nitrogen and oxygen atoms in total. The van der Waals surface area contributed by atoms with Crippen molar-refractivity contribution in [3.8, 4) is 11.8 Å². The molecule has 2 aromatic carbocycles. The smallest absolute Gasteiger partial charge is 0.416 e. The second-order valence-electron chi connectivity index (χ2n) is 8.38. The molecule has 0 aromatic heterocycles. The summed E-state index contributed by atoms with van der Waals surface area (Å²) in [5.74, 6) is -0.474. The normalized spacial score (nSPS) is 18.2. The number of hydrogen-bond donors (Lipinski definition) is 0. The molecule has 8 heteroatoms. The highest BCUT2D eigenvalue weighted by Crippen LogP contribution is 2.47. The number of carbonyl (C=O) groups excluding carboxylic acids is 1. The summed E-state index contributed by atoms with van der Waals surface area (Å²) in [7, 11) is 1.34. The van der Waals surface area contributed by atoms with Gasteiger partial charge in [-0.05, 0) is 49.4 Å². The van der Waals surface area contributed by atoms with Gasteiger partial charge in [-0.3, -0.25) is 4.79 Å². The molecular weight excluding hydrogens is 424 g/mol. The Balaban J connectivity index is 1.60. The molecule has 1 heterocycles. The predicted molar refractivity (Wildman–Crippen MR) is 109 cm³/mol. The number of hydrogen-bond acceptors (Lipinski definition) is 3. The minimum Gasteiger partial charge on any atom is -0.495 e. The zero-order chi connectivity index (χ0) is 23.1. The molecular formula is C24H22F4N2O2. The molecule has 0 spiro atoms. The summed E-state index contributed by atoms with van der Waals surface area (Å²) >= 11 is 0. The van der Waals surface area contributed by atoms with E-state index in [4.69, 9.17) is 4.74 Å². The highest BCUT2D eigenvalue weighted by molar-refractivity contribution is 6.00. The van der Waals surface area contributed by atoms with Gasteiger partial charge in [0.05, 0.1) is 23.8 Å². The van der Waals surface area contributed by atoms with Crippen LogP contribution in [0, 0.1) is 11.3 Å². The van der Waals surface area contributed by atoms with Crippen LogP contribution < -0.4 is 4.74 Å². The second-order valence-corrected chi connectivity index (χ2v) is 8.38. The highest BCUT2D eigenvalue weighted by Gasteiger charge is 2.43. The lowest BCUT2D eigenvalue weighted by atomic mass is 9.85. The number of nitrogens with zero attached hydrogens (tertiary/aromatic N) is 2. The molecule has 1 amide bonds. The van der Waals surface area contributed by atoms with Crippen LogP contribution in [0.3, 0.4) is 0 Å². The van der Waals surface area contributed by atoms with Crippen molar-refractivity contribution >= 4 is 5.91 Å². The van der Waals surface area contributed by atoms with E-state index in [-0.39, 0.29) is 28.4 Å². The number of carbonyl (C=O) groups is 1. The van der Waals surface area contributed by atoms with Crippen molar-refractivity contribution in [1.29, 1.82) is 5.26 Å². The van der Waals surface area contributed by atoms with Crippen LogP contribution in [0.5, 0.6) is 5.75 Å². The first-order valence-corrected chi connectivity index (χ1v) is 10.4. The van der Waals surface area contributed by atoms with Gasteiger partial charge in [0.15, 0.2) is 0 Å². The molecule has 32 heavy (non-hydrogen) atoms. The van der Waals surface area contributed by atoms with Crippen molar-refractivity contribution in [1.82, 2.24) is 4.90 Å². The molecule has 1 saturated heterocycles. The molecule has 168 valence electrons. The van der Waals surface area contributed by atoms with Crippen LogP contribution in [0.15, 0.2) is 36.4 Å². The molecule has 0 atom stereocenters. The quantitative estimate of drug-likeness (QED) is 0.578. The molecule has 1 aliphatic heterocycles. The van der Waals surface area contributed by atoms with E-state index in [2.05, 4.69) is 0 Å². The molecule has 2 aromatic rings. The van der Waals surface area contributed by atoms with Crippen LogP contribution in [0.25, 0.3) is 0 Å². The van der Waals surface area contributed by atoms with Crippen LogP contribution in [0.4, 0.5) is 17.6 Å². The maximum absolute atomic E-state index is 15.7. The summed E-state index contributed by atoms with van der Waals surface area (Å²) in [5.41, 5.74) is -1.19. The average Bonchev–Trinajstić information content (AvgIpc) is 3.18. The summed E-state index contributed by atoms with van der Waals surface area (Å²) < 4.78 is 59.4. The Labute approximate surface area is 183 Å². The predicted octanol–water partition coefficient (Wildman–Crippen LogP) is 5.56. The molecule has 1 saturated carbocycles. The van der Waals surface area contributed by atoms with E-state index in [1.807, 2.05) is 6.07 Å². The monoisotopic (exact) mass is 446 g/mol. The van der Waals surface area contributed by atoms with Crippen molar-refractivity contribution in [2.24, 2.45) is 0 Å². The van der Waals surface area contributed by atoms with Gasteiger partial charge in [0, 0.05) is 24.6 Å². The molecule has 1 aliphatic carbocycles. The summed E-state index contributed by atoms with van der Waals surface area (Å²) in [4.78, 5) is 14.9. The number of benzene rings is 2. The van der Waals surface area contributed by atoms with Crippen molar-refractivity contribution in [2.75, 3.05) is 20.2 Å². The topological polar surface area (TPSA) is 53.3 Å². The van der Waals surface area contributed by atoms with Gasteiger partial charge in [0.2, 0.25) is 0 Å². The Bertz CT molecular complexity index is 1060. The van der Waals surface area contributed by atoms with Crippen molar-refractivity contribution in [2.45, 2.75) is 43.4 Å². The molecule has 2 aliphatic rings. The van der Waals surface area contributed by atoms with E-state index in [0.717, 1.165) is 12.1 Å². The Morgan fingerprint density at radius 1 is 1.12 bits per heavy atom. The third-order valence-corrected chi connectivity index (χ3v) is 6.45. The van der Waals surface area contributed by atoms with E-state index in [1.54, 1.807) is 0 Å². The zero-order valence-electron chi connectivity index (χ0n) is 17.5. The van der Waals surface area contributed by atoms with E-state index in [9.17, 15) is 23.2 Å². The minimum absolute atomic E-state index is 0.0666. The van der Waals surface area contributed by atoms with Gasteiger partial charge in [-0.25, -0.2) is 4.39 Å². The zero-order valence-corrected chi connectivity index (χ0v) is 17.5. The van der Waals surface area contributed by atoms with Crippen LogP contribution in [-0.4, -0.2) is 31.0 Å². The van der Waals surface area contributed by atoms with E-state index >= 15 is 4.39 Å². The number of methoxy groups -OCH3 is 1. The van der Waals surface area contributed by atoms with Crippen LogP contribution in [0.2, 0.25) is 0 Å². The van der Waals surface area contributed by atoms with Gasteiger partial charge in [0.1, 0.15) is 17.5 Å². The molecule has 0 unspecified atom stereocenters. The third-order valence-electron chi connectivity index (χ3n) is 6.45. The number of halogens is 4. The number of alkyl halides is 4. The van der Waals surface area contributed by atoms with Crippen LogP contribution in [0.1, 0.15) is 64.2 Å². The molecule has 4 rings (SSSR count). The van der Waals surface area contributed by atoms with Gasteiger partial charge >= 0.3 is 6.18 Å². The van der Waals surface area contributed by atoms with Gasteiger partial charge in [-0.2, -0.15) is 18.4 Å². The maximum atomic E-state index is 15.7. The van der Waals surface area contributed by atoms with Gasteiger partial charge < -0.3 is 9.64 Å². The number of ether oxygens (including phenoxy) is 1. The first-order chi connectivity index (χ1) is 15.2. The maximum Gasteiger partial charge on any atom is 0.416 e. The number of amides is 1. The van der Waals surface area contributed by atoms with Crippen LogP contribution in [-0.2, 0) is 11.8 Å². The largest absolute Gasteiger partial charge is 0.495 e. The fourth-order valence-electron chi connectivity index (χ4n) is 4.63.